The van der Waals surface area contributed by atoms with E-state index in [2.05, 4.69) is 50.1 Å². The van der Waals surface area contributed by atoms with Gasteiger partial charge in [-0.2, -0.15) is 0 Å². The largest absolute Gasteiger partial charge is 0.383 e. The van der Waals surface area contributed by atoms with Gasteiger partial charge in [-0.25, -0.2) is 0 Å². The van der Waals surface area contributed by atoms with Crippen molar-refractivity contribution in [3.63, 3.8) is 0 Å². The Kier molecular flexibility index (Phi) is 7.35. The summed E-state index contributed by atoms with van der Waals surface area (Å²) in [5, 5.41) is 9.19. The zero-order valence-corrected chi connectivity index (χ0v) is 14.4. The van der Waals surface area contributed by atoms with Gasteiger partial charge in [-0.15, -0.1) is 0 Å². The molecule has 1 amide bonds. The predicted molar refractivity (Wildman–Crippen MR) is 96.4 cm³/mol. The van der Waals surface area contributed by atoms with Crippen LogP contribution in [0.2, 0.25) is 0 Å². The smallest absolute Gasteiger partial charge is 0.239 e. The number of ether oxygens (including phenoxy) is 1. The van der Waals surface area contributed by atoms with Crippen LogP contribution in [0.15, 0.2) is 35.3 Å². The maximum atomic E-state index is 11.7. The number of rotatable bonds is 7. The Morgan fingerprint density at radius 3 is 2.83 bits per heavy atom. The lowest BCUT2D eigenvalue weighted by Crippen LogP contribution is -2.47. The first-order valence-electron chi connectivity index (χ1n) is 8.25. The van der Waals surface area contributed by atoms with Crippen LogP contribution >= 0.6 is 0 Å². The molecule has 0 saturated carbocycles. The van der Waals surface area contributed by atoms with Gasteiger partial charge in [-0.1, -0.05) is 18.2 Å². The second kappa shape index (κ2) is 9.77. The van der Waals surface area contributed by atoms with Gasteiger partial charge in [-0.3, -0.25) is 9.79 Å². The first-order chi connectivity index (χ1) is 11.7. The number of nitrogens with one attached hydrogen (secondary N) is 3. The Morgan fingerprint density at radius 2 is 2.12 bits per heavy atom. The van der Waals surface area contributed by atoms with Crippen molar-refractivity contribution in [2.75, 3.05) is 51.8 Å². The number of aliphatic imine (C=N–C) groups is 1. The molecule has 1 aliphatic rings. The number of nitrogens with zero attached hydrogens (tertiary/aromatic N) is 2. The minimum absolute atomic E-state index is 0.0765. The number of hydrogen-bond donors (Lipinski definition) is 3. The van der Waals surface area contributed by atoms with E-state index >= 15 is 0 Å². The van der Waals surface area contributed by atoms with Crippen molar-refractivity contribution in [2.45, 2.75) is 12.5 Å². The fourth-order valence-corrected chi connectivity index (χ4v) is 2.66. The summed E-state index contributed by atoms with van der Waals surface area (Å²) < 4.78 is 4.90. The van der Waals surface area contributed by atoms with Crippen LogP contribution in [0, 0.1) is 0 Å². The number of carbonyl (C=O) groups excluding carboxylic acids is 1. The van der Waals surface area contributed by atoms with Crippen LogP contribution in [0.1, 0.15) is 6.42 Å². The fourth-order valence-electron chi connectivity index (χ4n) is 2.66. The lowest BCUT2D eigenvalue weighted by atomic mass is 10.3. The van der Waals surface area contributed by atoms with Gasteiger partial charge in [0.1, 0.15) is 0 Å². The molecule has 0 aliphatic carbocycles. The highest BCUT2D eigenvalue weighted by atomic mass is 16.5. The van der Waals surface area contributed by atoms with Crippen molar-refractivity contribution < 1.29 is 9.53 Å². The Hall–Kier alpha value is -2.28. The number of guanidine groups is 1. The highest BCUT2D eigenvalue weighted by molar-refractivity contribution is 5.86. The number of para-hydroxylation sites is 1. The van der Waals surface area contributed by atoms with Gasteiger partial charge in [0.15, 0.2) is 5.96 Å². The Labute approximate surface area is 143 Å². The van der Waals surface area contributed by atoms with Crippen LogP contribution in [-0.2, 0) is 9.53 Å². The minimum atomic E-state index is -0.0765. The number of methoxy groups -OCH3 is 1. The van der Waals surface area contributed by atoms with E-state index in [0.29, 0.717) is 25.2 Å². The van der Waals surface area contributed by atoms with Crippen molar-refractivity contribution in [2.24, 2.45) is 4.99 Å². The third-order valence-corrected chi connectivity index (χ3v) is 3.92. The summed E-state index contributed by atoms with van der Waals surface area (Å²) >= 11 is 0. The Morgan fingerprint density at radius 1 is 1.33 bits per heavy atom. The van der Waals surface area contributed by atoms with Crippen molar-refractivity contribution >= 4 is 17.6 Å². The van der Waals surface area contributed by atoms with Crippen LogP contribution in [0.25, 0.3) is 0 Å². The summed E-state index contributed by atoms with van der Waals surface area (Å²) in [6.45, 7) is 3.15. The molecular weight excluding hydrogens is 306 g/mol. The molecule has 0 bridgehead atoms. The monoisotopic (exact) mass is 333 g/mol. The lowest BCUT2D eigenvalue weighted by molar-refractivity contribution is -0.120. The van der Waals surface area contributed by atoms with Crippen molar-refractivity contribution in [3.8, 4) is 0 Å². The van der Waals surface area contributed by atoms with E-state index in [-0.39, 0.29) is 12.5 Å². The SMILES string of the molecule is CN=C(NCC(=O)NCCOC)NC1CCN(c2ccccc2)C1. The minimum Gasteiger partial charge on any atom is -0.383 e. The number of amides is 1. The average molecular weight is 333 g/mol. The molecule has 1 atom stereocenters. The molecule has 7 heteroatoms. The summed E-state index contributed by atoms with van der Waals surface area (Å²) in [7, 11) is 3.32. The Balaban J connectivity index is 1.73. The molecule has 24 heavy (non-hydrogen) atoms. The standard InChI is InChI=1S/C17H27N5O2/c1-18-17(20-12-16(23)19-9-11-24-2)21-14-8-10-22(13-14)15-6-4-3-5-7-15/h3-7,14H,8-13H2,1-2H3,(H,19,23)(H2,18,20,21). The van der Waals surface area contributed by atoms with E-state index in [1.54, 1.807) is 14.2 Å². The second-order valence-corrected chi connectivity index (χ2v) is 5.68. The van der Waals surface area contributed by atoms with Crippen molar-refractivity contribution in [1.29, 1.82) is 0 Å². The first-order valence-corrected chi connectivity index (χ1v) is 8.25. The van der Waals surface area contributed by atoms with E-state index in [0.717, 1.165) is 19.5 Å². The molecule has 1 heterocycles. The maximum Gasteiger partial charge on any atom is 0.239 e. The number of hydrogen-bond acceptors (Lipinski definition) is 4. The van der Waals surface area contributed by atoms with Gasteiger partial charge in [-0.05, 0) is 18.6 Å². The molecule has 1 aliphatic heterocycles. The summed E-state index contributed by atoms with van der Waals surface area (Å²) in [5.41, 5.74) is 1.24. The summed E-state index contributed by atoms with van der Waals surface area (Å²) in [6.07, 6.45) is 1.04. The van der Waals surface area contributed by atoms with Gasteiger partial charge in [0.25, 0.3) is 0 Å². The normalized spacial score (nSPS) is 17.7. The summed E-state index contributed by atoms with van der Waals surface area (Å²) in [4.78, 5) is 18.2. The Bertz CT molecular complexity index is 535. The second-order valence-electron chi connectivity index (χ2n) is 5.68. The van der Waals surface area contributed by atoms with E-state index in [1.165, 1.54) is 5.69 Å². The van der Waals surface area contributed by atoms with Crippen LogP contribution in [0.4, 0.5) is 5.69 Å². The molecule has 132 valence electrons. The number of carbonyl (C=O) groups is 1. The van der Waals surface area contributed by atoms with Crippen LogP contribution < -0.4 is 20.9 Å². The molecule has 0 radical (unpaired) electrons. The maximum absolute atomic E-state index is 11.7. The topological polar surface area (TPSA) is 78.0 Å². The molecule has 1 fully saturated rings. The molecule has 0 spiro atoms. The molecule has 1 aromatic rings. The van der Waals surface area contributed by atoms with E-state index in [1.807, 2.05) is 6.07 Å². The van der Waals surface area contributed by atoms with Crippen molar-refractivity contribution in [1.82, 2.24) is 16.0 Å². The van der Waals surface area contributed by atoms with Gasteiger partial charge in [0.2, 0.25) is 5.91 Å². The third-order valence-electron chi connectivity index (χ3n) is 3.92. The molecular formula is C17H27N5O2. The van der Waals surface area contributed by atoms with Crippen LogP contribution in [0.3, 0.4) is 0 Å². The third kappa shape index (κ3) is 5.73. The fraction of sp³-hybridized carbons (Fsp3) is 0.529. The van der Waals surface area contributed by atoms with Gasteiger partial charge in [0.05, 0.1) is 13.2 Å². The van der Waals surface area contributed by atoms with E-state index < -0.39 is 0 Å². The molecule has 1 aromatic carbocycles. The predicted octanol–water partition coefficient (Wildman–Crippen LogP) is 0.193. The molecule has 1 unspecified atom stereocenters. The van der Waals surface area contributed by atoms with Gasteiger partial charge in [0, 0.05) is 45.5 Å². The van der Waals surface area contributed by atoms with Gasteiger partial charge >= 0.3 is 0 Å². The number of anilines is 1. The molecule has 7 nitrogen and oxygen atoms in total. The molecule has 2 rings (SSSR count). The molecule has 1 saturated heterocycles. The van der Waals surface area contributed by atoms with Crippen molar-refractivity contribution in [3.05, 3.63) is 30.3 Å². The summed E-state index contributed by atoms with van der Waals surface area (Å²) in [6, 6.07) is 10.7. The van der Waals surface area contributed by atoms with E-state index in [9.17, 15) is 4.79 Å². The molecule has 3 N–H and O–H groups in total. The highest BCUT2D eigenvalue weighted by Gasteiger charge is 2.23. The zero-order valence-electron chi connectivity index (χ0n) is 14.4. The average Bonchev–Trinajstić information content (AvgIpc) is 3.08. The lowest BCUT2D eigenvalue weighted by Gasteiger charge is -2.20. The highest BCUT2D eigenvalue weighted by Crippen LogP contribution is 2.19. The first kappa shape index (κ1) is 18.1. The molecule has 0 aromatic heterocycles. The zero-order chi connectivity index (χ0) is 17.2. The summed E-state index contributed by atoms with van der Waals surface area (Å²) in [5.74, 6) is 0.573. The van der Waals surface area contributed by atoms with Crippen LogP contribution in [-0.4, -0.2) is 64.9 Å². The van der Waals surface area contributed by atoms with E-state index in [4.69, 9.17) is 4.74 Å². The van der Waals surface area contributed by atoms with Gasteiger partial charge < -0.3 is 25.6 Å². The van der Waals surface area contributed by atoms with Crippen LogP contribution in [0.5, 0.6) is 0 Å². The number of benzene rings is 1. The quantitative estimate of drug-likeness (QED) is 0.377.